The molecule has 2 aromatic carbocycles. The summed E-state index contributed by atoms with van der Waals surface area (Å²) in [5.74, 6) is 3.01. The van der Waals surface area contributed by atoms with E-state index in [9.17, 15) is 4.39 Å². The molecule has 106 valence electrons. The van der Waals surface area contributed by atoms with Gasteiger partial charge in [0.1, 0.15) is 18.2 Å². The molecule has 0 radical (unpaired) electrons. The SMILES string of the molecule is C#CCOc1ccc2c(c1)[C@H](c1ccc(F)cc1)NCC2. The lowest BCUT2D eigenvalue weighted by molar-refractivity contribution is 0.369. The molecule has 2 nitrogen and oxygen atoms in total. The number of rotatable bonds is 3. The summed E-state index contributed by atoms with van der Waals surface area (Å²) in [6.45, 7) is 1.16. The van der Waals surface area contributed by atoms with Crippen LogP contribution in [0.1, 0.15) is 22.7 Å². The van der Waals surface area contributed by atoms with Crippen LogP contribution >= 0.6 is 0 Å². The predicted octanol–water partition coefficient (Wildman–Crippen LogP) is 3.07. The minimum Gasteiger partial charge on any atom is -0.481 e. The molecule has 3 heteroatoms. The Labute approximate surface area is 124 Å². The summed E-state index contributed by atoms with van der Waals surface area (Å²) in [4.78, 5) is 0. The summed E-state index contributed by atoms with van der Waals surface area (Å²) in [7, 11) is 0. The third kappa shape index (κ3) is 2.91. The Balaban J connectivity index is 1.95. The fraction of sp³-hybridized carbons (Fsp3) is 0.222. The molecule has 0 unspecified atom stereocenters. The molecule has 0 saturated carbocycles. The summed E-state index contributed by atoms with van der Waals surface area (Å²) in [6, 6.07) is 12.7. The van der Waals surface area contributed by atoms with Crippen LogP contribution in [0, 0.1) is 18.2 Å². The molecule has 0 spiro atoms. The third-order valence-corrected chi connectivity index (χ3v) is 3.70. The number of ether oxygens (including phenoxy) is 1. The van der Waals surface area contributed by atoms with E-state index in [1.54, 1.807) is 0 Å². The molecule has 0 amide bonds. The third-order valence-electron chi connectivity index (χ3n) is 3.70. The summed E-state index contributed by atoms with van der Waals surface area (Å²) < 4.78 is 18.6. The average molecular weight is 281 g/mol. The molecule has 1 aliphatic heterocycles. The van der Waals surface area contributed by atoms with Crippen LogP contribution in [-0.2, 0) is 6.42 Å². The van der Waals surface area contributed by atoms with Gasteiger partial charge in [-0.25, -0.2) is 4.39 Å². The Kier molecular flexibility index (Phi) is 3.89. The Morgan fingerprint density at radius 2 is 2.05 bits per heavy atom. The van der Waals surface area contributed by atoms with E-state index in [-0.39, 0.29) is 18.5 Å². The quantitative estimate of drug-likeness (QED) is 0.873. The highest BCUT2D eigenvalue weighted by molar-refractivity contribution is 5.44. The zero-order chi connectivity index (χ0) is 14.7. The maximum absolute atomic E-state index is 13.1. The zero-order valence-corrected chi connectivity index (χ0v) is 11.6. The normalized spacial score (nSPS) is 16.9. The average Bonchev–Trinajstić information content (AvgIpc) is 2.53. The molecule has 0 fully saturated rings. The molecule has 0 aromatic heterocycles. The van der Waals surface area contributed by atoms with Crippen LogP contribution in [0.4, 0.5) is 4.39 Å². The number of benzene rings is 2. The zero-order valence-electron chi connectivity index (χ0n) is 11.6. The first-order valence-corrected chi connectivity index (χ1v) is 6.96. The summed E-state index contributed by atoms with van der Waals surface area (Å²) in [5.41, 5.74) is 3.50. The van der Waals surface area contributed by atoms with Gasteiger partial charge < -0.3 is 10.1 Å². The van der Waals surface area contributed by atoms with Crippen LogP contribution < -0.4 is 10.1 Å². The van der Waals surface area contributed by atoms with E-state index in [0.29, 0.717) is 0 Å². The van der Waals surface area contributed by atoms with Crippen molar-refractivity contribution in [3.63, 3.8) is 0 Å². The Bertz CT molecular complexity index is 673. The van der Waals surface area contributed by atoms with Crippen LogP contribution in [0.15, 0.2) is 42.5 Å². The summed E-state index contributed by atoms with van der Waals surface area (Å²) in [5, 5.41) is 3.48. The maximum atomic E-state index is 13.1. The number of fused-ring (bicyclic) bond motifs is 1. The van der Waals surface area contributed by atoms with Crippen molar-refractivity contribution in [2.45, 2.75) is 12.5 Å². The highest BCUT2D eigenvalue weighted by Crippen LogP contribution is 2.31. The molecule has 0 aliphatic carbocycles. The minimum absolute atomic E-state index is 0.0590. The fourth-order valence-corrected chi connectivity index (χ4v) is 2.70. The van der Waals surface area contributed by atoms with Crippen molar-refractivity contribution in [3.05, 3.63) is 65.0 Å². The van der Waals surface area contributed by atoms with Crippen molar-refractivity contribution < 1.29 is 9.13 Å². The van der Waals surface area contributed by atoms with E-state index in [2.05, 4.69) is 17.3 Å². The van der Waals surface area contributed by atoms with Gasteiger partial charge in [0.25, 0.3) is 0 Å². The van der Waals surface area contributed by atoms with Gasteiger partial charge >= 0.3 is 0 Å². The van der Waals surface area contributed by atoms with Crippen molar-refractivity contribution in [1.29, 1.82) is 0 Å². The summed E-state index contributed by atoms with van der Waals surface area (Å²) >= 11 is 0. The van der Waals surface area contributed by atoms with E-state index in [4.69, 9.17) is 11.2 Å². The van der Waals surface area contributed by atoms with E-state index >= 15 is 0 Å². The van der Waals surface area contributed by atoms with Gasteiger partial charge in [0.05, 0.1) is 6.04 Å². The van der Waals surface area contributed by atoms with E-state index < -0.39 is 0 Å². The highest BCUT2D eigenvalue weighted by atomic mass is 19.1. The Morgan fingerprint density at radius 1 is 1.24 bits per heavy atom. The van der Waals surface area contributed by atoms with Gasteiger partial charge in [-0.3, -0.25) is 0 Å². The van der Waals surface area contributed by atoms with Crippen LogP contribution in [0.5, 0.6) is 5.75 Å². The maximum Gasteiger partial charge on any atom is 0.148 e. The summed E-state index contributed by atoms with van der Waals surface area (Å²) in [6.07, 6.45) is 6.20. The number of hydrogen-bond donors (Lipinski definition) is 1. The standard InChI is InChI=1S/C18H16FNO/c1-2-11-21-16-8-5-13-9-10-20-18(17(13)12-16)14-3-6-15(19)7-4-14/h1,3-8,12,18,20H,9-11H2/t18-/m0/s1. The second kappa shape index (κ2) is 5.99. The van der Waals surface area contributed by atoms with E-state index in [0.717, 1.165) is 24.3 Å². The molecular formula is C18H16FNO. The lowest BCUT2D eigenvalue weighted by atomic mass is 9.90. The first-order chi connectivity index (χ1) is 10.3. The molecule has 1 atom stereocenters. The van der Waals surface area contributed by atoms with Gasteiger partial charge in [0, 0.05) is 6.54 Å². The van der Waals surface area contributed by atoms with Crippen molar-refractivity contribution in [3.8, 4) is 18.1 Å². The second-order valence-electron chi connectivity index (χ2n) is 5.04. The van der Waals surface area contributed by atoms with Gasteiger partial charge in [-0.1, -0.05) is 24.1 Å². The molecule has 21 heavy (non-hydrogen) atoms. The van der Waals surface area contributed by atoms with Gasteiger partial charge in [0.2, 0.25) is 0 Å². The largest absolute Gasteiger partial charge is 0.481 e. The fourth-order valence-electron chi connectivity index (χ4n) is 2.70. The molecule has 3 rings (SSSR count). The number of hydrogen-bond acceptors (Lipinski definition) is 2. The molecule has 0 saturated heterocycles. The topological polar surface area (TPSA) is 21.3 Å². The van der Waals surface area contributed by atoms with Gasteiger partial charge in [-0.2, -0.15) is 0 Å². The van der Waals surface area contributed by atoms with Crippen molar-refractivity contribution in [2.75, 3.05) is 13.2 Å². The van der Waals surface area contributed by atoms with E-state index in [1.807, 2.05) is 24.3 Å². The lowest BCUT2D eigenvalue weighted by Crippen LogP contribution is -2.30. The predicted molar refractivity (Wildman–Crippen MR) is 80.7 cm³/mol. The van der Waals surface area contributed by atoms with E-state index in [1.165, 1.54) is 23.3 Å². The molecule has 1 heterocycles. The first-order valence-electron chi connectivity index (χ1n) is 6.96. The number of nitrogens with one attached hydrogen (secondary N) is 1. The minimum atomic E-state index is -0.221. The molecule has 0 bridgehead atoms. The van der Waals surface area contributed by atoms with Gasteiger partial charge in [-0.05, 0) is 47.4 Å². The Hall–Kier alpha value is -2.31. The lowest BCUT2D eigenvalue weighted by Gasteiger charge is -2.28. The molecule has 2 aromatic rings. The van der Waals surface area contributed by atoms with Crippen molar-refractivity contribution >= 4 is 0 Å². The number of terminal acetylenes is 1. The smallest absolute Gasteiger partial charge is 0.148 e. The van der Waals surface area contributed by atoms with Crippen molar-refractivity contribution in [1.82, 2.24) is 5.32 Å². The first kappa shape index (κ1) is 13.7. The van der Waals surface area contributed by atoms with Crippen LogP contribution in [0.2, 0.25) is 0 Å². The monoisotopic (exact) mass is 281 g/mol. The van der Waals surface area contributed by atoms with Crippen LogP contribution in [0.25, 0.3) is 0 Å². The second-order valence-corrected chi connectivity index (χ2v) is 5.04. The highest BCUT2D eigenvalue weighted by Gasteiger charge is 2.21. The Morgan fingerprint density at radius 3 is 2.81 bits per heavy atom. The molecule has 1 N–H and O–H groups in total. The van der Waals surface area contributed by atoms with Gasteiger partial charge in [0.15, 0.2) is 0 Å². The van der Waals surface area contributed by atoms with Crippen LogP contribution in [-0.4, -0.2) is 13.2 Å². The van der Waals surface area contributed by atoms with Crippen molar-refractivity contribution in [2.24, 2.45) is 0 Å². The number of halogens is 1. The molecule has 1 aliphatic rings. The van der Waals surface area contributed by atoms with Gasteiger partial charge in [-0.15, -0.1) is 6.42 Å². The molecular weight excluding hydrogens is 265 g/mol. The van der Waals surface area contributed by atoms with Crippen LogP contribution in [0.3, 0.4) is 0 Å².